The van der Waals surface area contributed by atoms with E-state index in [0.29, 0.717) is 11.0 Å². The van der Waals surface area contributed by atoms with Crippen molar-refractivity contribution in [3.05, 3.63) is 57.8 Å². The molecule has 2 nitrogen and oxygen atoms in total. The minimum atomic E-state index is 0.459. The van der Waals surface area contributed by atoms with E-state index in [4.69, 9.17) is 18.0 Å². The molecule has 0 fully saturated rings. The van der Waals surface area contributed by atoms with Crippen LogP contribution >= 0.6 is 23.6 Å². The van der Waals surface area contributed by atoms with Gasteiger partial charge in [-0.15, -0.1) is 11.3 Å². The molecule has 0 aliphatic carbocycles. The zero-order chi connectivity index (χ0) is 14.5. The maximum absolute atomic E-state index is 5.68. The van der Waals surface area contributed by atoms with Crippen LogP contribution < -0.4 is 5.73 Å². The van der Waals surface area contributed by atoms with Crippen LogP contribution in [0.25, 0.3) is 0 Å². The summed E-state index contributed by atoms with van der Waals surface area (Å²) < 4.78 is 0. The Bertz CT molecular complexity index is 564. The van der Waals surface area contributed by atoms with Gasteiger partial charge in [-0.1, -0.05) is 36.5 Å². The van der Waals surface area contributed by atoms with Crippen molar-refractivity contribution in [1.29, 1.82) is 0 Å². The summed E-state index contributed by atoms with van der Waals surface area (Å²) in [5, 5.41) is 2.13. The monoisotopic (exact) mass is 304 g/mol. The summed E-state index contributed by atoms with van der Waals surface area (Å²) in [4.78, 5) is 4.25. The van der Waals surface area contributed by atoms with E-state index < -0.39 is 0 Å². The van der Waals surface area contributed by atoms with Gasteiger partial charge in [0.15, 0.2) is 0 Å². The quantitative estimate of drug-likeness (QED) is 0.829. The summed E-state index contributed by atoms with van der Waals surface area (Å²) in [6.07, 6.45) is 1.09. The van der Waals surface area contributed by atoms with Crippen LogP contribution in [-0.4, -0.2) is 23.0 Å². The lowest BCUT2D eigenvalue weighted by molar-refractivity contribution is 0.249. The molecule has 1 unspecified atom stereocenters. The largest absolute Gasteiger partial charge is 0.389 e. The number of likely N-dealkylation sites (N-methyl/N-ethyl adjacent to an activating group) is 1. The highest BCUT2D eigenvalue weighted by molar-refractivity contribution is 7.80. The molecule has 0 aliphatic rings. The molecule has 1 heterocycles. The molecule has 1 atom stereocenters. The van der Waals surface area contributed by atoms with E-state index in [2.05, 4.69) is 48.5 Å². The number of rotatable bonds is 6. The number of thiocarbonyl (C=S) groups is 1. The standard InChI is InChI=1S/C16H20N2S2/c1-12(9-15-7-4-8-20-15)18(2)11-13-5-3-6-14(10-13)16(17)19/h3-8,10,12H,9,11H2,1-2H3,(H2,17,19). The lowest BCUT2D eigenvalue weighted by atomic mass is 10.1. The molecule has 0 amide bonds. The van der Waals surface area contributed by atoms with Gasteiger partial charge >= 0.3 is 0 Å². The van der Waals surface area contributed by atoms with Crippen molar-refractivity contribution in [3.8, 4) is 0 Å². The van der Waals surface area contributed by atoms with Gasteiger partial charge in [-0.2, -0.15) is 0 Å². The Hall–Kier alpha value is -1.23. The van der Waals surface area contributed by atoms with E-state index in [1.807, 2.05) is 23.5 Å². The van der Waals surface area contributed by atoms with Crippen molar-refractivity contribution in [2.45, 2.75) is 25.9 Å². The molecule has 2 N–H and O–H groups in total. The van der Waals surface area contributed by atoms with Crippen LogP contribution in [0.1, 0.15) is 22.9 Å². The number of nitrogens with two attached hydrogens (primary N) is 1. The van der Waals surface area contributed by atoms with E-state index in [-0.39, 0.29) is 0 Å². The lowest BCUT2D eigenvalue weighted by Gasteiger charge is -2.24. The second-order valence-corrected chi connectivity index (χ2v) is 6.58. The number of hydrogen-bond donors (Lipinski definition) is 1. The molecule has 2 rings (SSSR count). The average Bonchev–Trinajstić information content (AvgIpc) is 2.91. The Balaban J connectivity index is 1.98. The summed E-state index contributed by atoms with van der Waals surface area (Å²) in [5.41, 5.74) is 7.87. The highest BCUT2D eigenvalue weighted by Crippen LogP contribution is 2.15. The Morgan fingerprint density at radius 2 is 2.15 bits per heavy atom. The molecule has 2 aromatic rings. The third-order valence-corrected chi connectivity index (χ3v) is 4.61. The van der Waals surface area contributed by atoms with Gasteiger partial charge in [0.25, 0.3) is 0 Å². The number of benzene rings is 1. The summed E-state index contributed by atoms with van der Waals surface area (Å²) in [5.74, 6) is 0. The second-order valence-electron chi connectivity index (χ2n) is 5.11. The molecule has 20 heavy (non-hydrogen) atoms. The first-order valence-electron chi connectivity index (χ1n) is 6.67. The highest BCUT2D eigenvalue weighted by Gasteiger charge is 2.11. The first kappa shape index (κ1) is 15.2. The Morgan fingerprint density at radius 3 is 2.80 bits per heavy atom. The van der Waals surface area contributed by atoms with Crippen molar-refractivity contribution < 1.29 is 0 Å². The third kappa shape index (κ3) is 4.13. The normalized spacial score (nSPS) is 12.6. The van der Waals surface area contributed by atoms with Gasteiger partial charge in [0, 0.05) is 23.0 Å². The van der Waals surface area contributed by atoms with Crippen LogP contribution in [-0.2, 0) is 13.0 Å². The van der Waals surface area contributed by atoms with Crippen LogP contribution in [0.15, 0.2) is 41.8 Å². The van der Waals surface area contributed by atoms with Crippen molar-refractivity contribution in [3.63, 3.8) is 0 Å². The van der Waals surface area contributed by atoms with E-state index in [9.17, 15) is 0 Å². The van der Waals surface area contributed by atoms with Crippen molar-refractivity contribution in [2.75, 3.05) is 7.05 Å². The molecule has 1 aromatic heterocycles. The molecule has 4 heteroatoms. The van der Waals surface area contributed by atoms with Gasteiger partial charge in [-0.05, 0) is 43.5 Å². The van der Waals surface area contributed by atoms with Gasteiger partial charge in [0.2, 0.25) is 0 Å². The predicted octanol–water partition coefficient (Wildman–Crippen LogP) is 3.45. The van der Waals surface area contributed by atoms with Crippen molar-refractivity contribution in [2.24, 2.45) is 5.73 Å². The smallest absolute Gasteiger partial charge is 0.103 e. The highest BCUT2D eigenvalue weighted by atomic mass is 32.1. The molecule has 0 saturated heterocycles. The molecule has 0 saturated carbocycles. The van der Waals surface area contributed by atoms with Crippen LogP contribution in [0.3, 0.4) is 0 Å². The molecule has 1 aromatic carbocycles. The van der Waals surface area contributed by atoms with Gasteiger partial charge in [-0.3, -0.25) is 4.90 Å². The van der Waals surface area contributed by atoms with E-state index in [1.165, 1.54) is 10.4 Å². The Morgan fingerprint density at radius 1 is 1.35 bits per heavy atom. The Kier molecular flexibility index (Phi) is 5.29. The number of thiophene rings is 1. The van der Waals surface area contributed by atoms with E-state index in [0.717, 1.165) is 18.5 Å². The maximum atomic E-state index is 5.68. The number of hydrogen-bond acceptors (Lipinski definition) is 3. The van der Waals surface area contributed by atoms with Gasteiger partial charge < -0.3 is 5.73 Å². The van der Waals surface area contributed by atoms with Crippen LogP contribution in [0.4, 0.5) is 0 Å². The molecule has 0 aliphatic heterocycles. The molecular formula is C16H20N2S2. The second kappa shape index (κ2) is 6.97. The summed E-state index contributed by atoms with van der Waals surface area (Å²) >= 11 is 6.85. The molecule has 106 valence electrons. The lowest BCUT2D eigenvalue weighted by Crippen LogP contribution is -2.30. The zero-order valence-corrected chi connectivity index (χ0v) is 13.5. The zero-order valence-electron chi connectivity index (χ0n) is 11.9. The predicted molar refractivity (Wildman–Crippen MR) is 91.3 cm³/mol. The number of nitrogens with zero attached hydrogens (tertiary/aromatic N) is 1. The van der Waals surface area contributed by atoms with E-state index >= 15 is 0 Å². The van der Waals surface area contributed by atoms with Crippen molar-refractivity contribution in [1.82, 2.24) is 4.90 Å². The fraction of sp³-hybridized carbons (Fsp3) is 0.312. The minimum absolute atomic E-state index is 0.459. The first-order chi connectivity index (χ1) is 9.56. The SMILES string of the molecule is CC(Cc1cccs1)N(C)Cc1cccc(C(N)=S)c1. The molecule has 0 bridgehead atoms. The summed E-state index contributed by atoms with van der Waals surface area (Å²) in [6, 6.07) is 13.0. The van der Waals surface area contributed by atoms with Crippen LogP contribution in [0, 0.1) is 0 Å². The van der Waals surface area contributed by atoms with Crippen LogP contribution in [0.5, 0.6) is 0 Å². The van der Waals surface area contributed by atoms with Crippen LogP contribution in [0.2, 0.25) is 0 Å². The molecular weight excluding hydrogens is 284 g/mol. The minimum Gasteiger partial charge on any atom is -0.389 e. The van der Waals surface area contributed by atoms with Gasteiger partial charge in [0.05, 0.1) is 0 Å². The van der Waals surface area contributed by atoms with Gasteiger partial charge in [-0.25, -0.2) is 0 Å². The fourth-order valence-electron chi connectivity index (χ4n) is 2.14. The van der Waals surface area contributed by atoms with Gasteiger partial charge in [0.1, 0.15) is 4.99 Å². The van der Waals surface area contributed by atoms with Crippen molar-refractivity contribution >= 4 is 28.5 Å². The maximum Gasteiger partial charge on any atom is 0.103 e. The average molecular weight is 304 g/mol. The fourth-order valence-corrected chi connectivity index (χ4v) is 3.10. The molecule has 0 spiro atoms. The molecule has 0 radical (unpaired) electrons. The third-order valence-electron chi connectivity index (χ3n) is 3.47. The summed E-state index contributed by atoms with van der Waals surface area (Å²) in [7, 11) is 2.16. The Labute approximate surface area is 130 Å². The first-order valence-corrected chi connectivity index (χ1v) is 7.96. The summed E-state index contributed by atoms with van der Waals surface area (Å²) in [6.45, 7) is 3.17. The van der Waals surface area contributed by atoms with E-state index in [1.54, 1.807) is 0 Å². The topological polar surface area (TPSA) is 29.3 Å².